The third-order valence-corrected chi connectivity index (χ3v) is 1.02. The van der Waals surface area contributed by atoms with Crippen LogP contribution in [-0.2, 0) is 0 Å². The Labute approximate surface area is 62.2 Å². The fourth-order valence-electron chi connectivity index (χ4n) is 0.621. The average Bonchev–Trinajstić information content (AvgIpc) is 2.38. The van der Waals surface area contributed by atoms with Gasteiger partial charge in [-0.05, 0) is 12.1 Å². The molecule has 0 bridgehead atoms. The minimum absolute atomic E-state index is 0.391. The van der Waals surface area contributed by atoms with E-state index in [1.807, 2.05) is 0 Å². The van der Waals surface area contributed by atoms with E-state index in [1.165, 1.54) is 0 Å². The summed E-state index contributed by atoms with van der Waals surface area (Å²) in [7, 11) is 0. The summed E-state index contributed by atoms with van der Waals surface area (Å²) in [6, 6.07) is 3.16. The molecule has 0 saturated carbocycles. The van der Waals surface area contributed by atoms with Crippen LogP contribution < -0.4 is 0 Å². The molecule has 0 spiro atoms. The molecule has 0 aliphatic carbocycles. The molecule has 11 heavy (non-hydrogen) atoms. The molecule has 1 rings (SSSR count). The van der Waals surface area contributed by atoms with Gasteiger partial charge < -0.3 is 14.8 Å². The van der Waals surface area contributed by atoms with Gasteiger partial charge in [0, 0.05) is 0 Å². The number of rotatable bonds is 2. The monoisotopic (exact) mass is 154 g/mol. The predicted octanol–water partition coefficient (Wildman–Crippen LogP) is 0.896. The molecule has 1 heterocycles. The van der Waals surface area contributed by atoms with Crippen molar-refractivity contribution >= 4 is 12.4 Å². The maximum Gasteiger partial charge on any atom is 0.149 e. The number of furan rings is 1. The first-order chi connectivity index (χ1) is 5.36. The number of nitrogens with zero attached hydrogens (tertiary/aromatic N) is 2. The molecule has 2 N–H and O–H groups in total. The van der Waals surface area contributed by atoms with Crippen molar-refractivity contribution in [1.29, 1.82) is 0 Å². The van der Waals surface area contributed by atoms with Crippen molar-refractivity contribution in [2.75, 3.05) is 0 Å². The second kappa shape index (κ2) is 3.40. The average molecular weight is 154 g/mol. The first-order valence-electron chi connectivity index (χ1n) is 2.81. The summed E-state index contributed by atoms with van der Waals surface area (Å²) in [4.78, 5) is 0. The van der Waals surface area contributed by atoms with Gasteiger partial charge in [0.1, 0.15) is 23.9 Å². The van der Waals surface area contributed by atoms with E-state index in [-0.39, 0.29) is 0 Å². The number of oxime groups is 2. The molecule has 0 radical (unpaired) electrons. The van der Waals surface area contributed by atoms with Gasteiger partial charge in [-0.2, -0.15) is 0 Å². The molecule has 5 heteroatoms. The van der Waals surface area contributed by atoms with Gasteiger partial charge in [-0.15, -0.1) is 0 Å². The van der Waals surface area contributed by atoms with Gasteiger partial charge in [-0.3, -0.25) is 0 Å². The van der Waals surface area contributed by atoms with Crippen molar-refractivity contribution in [1.82, 2.24) is 0 Å². The molecule has 1 aromatic rings. The summed E-state index contributed by atoms with van der Waals surface area (Å²) in [6.45, 7) is 0. The standard InChI is InChI=1S/C6H6N2O3/c9-7-3-5-1-2-6(11-5)4-8-10/h1-4,9-10H. The lowest BCUT2D eigenvalue weighted by atomic mass is 10.4. The summed E-state index contributed by atoms with van der Waals surface area (Å²) in [6.07, 6.45) is 2.27. The highest BCUT2D eigenvalue weighted by Gasteiger charge is 1.95. The third kappa shape index (κ3) is 1.82. The van der Waals surface area contributed by atoms with E-state index in [1.54, 1.807) is 12.1 Å². The highest BCUT2D eigenvalue weighted by molar-refractivity contribution is 5.80. The van der Waals surface area contributed by atoms with Gasteiger partial charge in [0.25, 0.3) is 0 Å². The molecule has 0 aromatic carbocycles. The summed E-state index contributed by atoms with van der Waals surface area (Å²) < 4.78 is 4.95. The number of hydrogen-bond donors (Lipinski definition) is 2. The molecular formula is C6H6N2O3. The van der Waals surface area contributed by atoms with Gasteiger partial charge in [-0.25, -0.2) is 0 Å². The van der Waals surface area contributed by atoms with Crippen LogP contribution in [0.15, 0.2) is 26.9 Å². The van der Waals surface area contributed by atoms with E-state index in [4.69, 9.17) is 14.8 Å². The van der Waals surface area contributed by atoms with Crippen LogP contribution in [0.1, 0.15) is 11.5 Å². The van der Waals surface area contributed by atoms with E-state index >= 15 is 0 Å². The Balaban J connectivity index is 2.81. The largest absolute Gasteiger partial charge is 0.454 e. The van der Waals surface area contributed by atoms with E-state index < -0.39 is 0 Å². The Morgan fingerprint density at radius 1 is 1.09 bits per heavy atom. The maximum absolute atomic E-state index is 8.09. The van der Waals surface area contributed by atoms with E-state index in [2.05, 4.69) is 10.3 Å². The van der Waals surface area contributed by atoms with Crippen LogP contribution in [-0.4, -0.2) is 22.8 Å². The Morgan fingerprint density at radius 3 is 1.91 bits per heavy atom. The van der Waals surface area contributed by atoms with Crippen LogP contribution in [0.25, 0.3) is 0 Å². The zero-order valence-corrected chi connectivity index (χ0v) is 5.51. The Bertz CT molecular complexity index is 251. The van der Waals surface area contributed by atoms with Gasteiger partial charge in [0.05, 0.1) is 0 Å². The molecule has 0 aliphatic heterocycles. The fourth-order valence-corrected chi connectivity index (χ4v) is 0.621. The molecule has 0 amide bonds. The molecule has 5 nitrogen and oxygen atoms in total. The van der Waals surface area contributed by atoms with Crippen LogP contribution in [0.5, 0.6) is 0 Å². The van der Waals surface area contributed by atoms with Crippen LogP contribution in [0.2, 0.25) is 0 Å². The summed E-state index contributed by atoms with van der Waals surface area (Å²) in [5.74, 6) is 0.782. The van der Waals surface area contributed by atoms with Crippen LogP contribution in [0.4, 0.5) is 0 Å². The summed E-state index contributed by atoms with van der Waals surface area (Å²) >= 11 is 0. The van der Waals surface area contributed by atoms with E-state index in [9.17, 15) is 0 Å². The Hall–Kier alpha value is -1.78. The smallest absolute Gasteiger partial charge is 0.149 e. The van der Waals surface area contributed by atoms with Gasteiger partial charge in [0.15, 0.2) is 0 Å². The zero-order chi connectivity index (χ0) is 8.10. The molecule has 0 fully saturated rings. The molecule has 0 aliphatic rings. The lowest BCUT2D eigenvalue weighted by Crippen LogP contribution is -1.75. The van der Waals surface area contributed by atoms with Crippen LogP contribution in [0.3, 0.4) is 0 Å². The third-order valence-electron chi connectivity index (χ3n) is 1.02. The normalized spacial score (nSPS) is 11.6. The van der Waals surface area contributed by atoms with E-state index in [0.717, 1.165) is 12.4 Å². The van der Waals surface area contributed by atoms with Crippen molar-refractivity contribution in [2.45, 2.75) is 0 Å². The van der Waals surface area contributed by atoms with Crippen molar-refractivity contribution < 1.29 is 14.8 Å². The van der Waals surface area contributed by atoms with Crippen molar-refractivity contribution in [3.63, 3.8) is 0 Å². The van der Waals surface area contributed by atoms with Crippen molar-refractivity contribution in [2.24, 2.45) is 10.3 Å². The second-order valence-corrected chi connectivity index (χ2v) is 1.73. The molecule has 1 aromatic heterocycles. The summed E-state index contributed by atoms with van der Waals surface area (Å²) in [5.41, 5.74) is 0. The van der Waals surface area contributed by atoms with Crippen LogP contribution >= 0.6 is 0 Å². The lowest BCUT2D eigenvalue weighted by Gasteiger charge is -1.80. The fraction of sp³-hybridized carbons (Fsp3) is 0. The molecule has 0 atom stereocenters. The highest BCUT2D eigenvalue weighted by Crippen LogP contribution is 2.02. The minimum Gasteiger partial charge on any atom is -0.454 e. The second-order valence-electron chi connectivity index (χ2n) is 1.73. The molecular weight excluding hydrogens is 148 g/mol. The van der Waals surface area contributed by atoms with Crippen LogP contribution in [0, 0.1) is 0 Å². The molecule has 0 unspecified atom stereocenters. The first kappa shape index (κ1) is 7.33. The Morgan fingerprint density at radius 2 is 1.55 bits per heavy atom. The molecule has 58 valence electrons. The van der Waals surface area contributed by atoms with Gasteiger partial charge in [0.2, 0.25) is 0 Å². The Kier molecular flexibility index (Phi) is 2.27. The van der Waals surface area contributed by atoms with Gasteiger partial charge in [-0.1, -0.05) is 10.3 Å². The minimum atomic E-state index is 0.391. The SMILES string of the molecule is ON=Cc1ccc(C=NO)o1. The lowest BCUT2D eigenvalue weighted by molar-refractivity contribution is 0.319. The highest BCUT2D eigenvalue weighted by atomic mass is 16.4. The predicted molar refractivity (Wildman–Crippen MR) is 37.5 cm³/mol. The molecule has 0 saturated heterocycles. The maximum atomic E-state index is 8.09. The van der Waals surface area contributed by atoms with Gasteiger partial charge >= 0.3 is 0 Å². The topological polar surface area (TPSA) is 78.3 Å². The van der Waals surface area contributed by atoms with Crippen molar-refractivity contribution in [3.8, 4) is 0 Å². The first-order valence-corrected chi connectivity index (χ1v) is 2.81. The zero-order valence-electron chi connectivity index (χ0n) is 5.51. The van der Waals surface area contributed by atoms with E-state index in [0.29, 0.717) is 11.5 Å². The van der Waals surface area contributed by atoms with Crippen molar-refractivity contribution in [3.05, 3.63) is 23.7 Å². The quantitative estimate of drug-likeness (QED) is 0.377. The number of hydrogen-bond acceptors (Lipinski definition) is 5. The summed E-state index contributed by atoms with van der Waals surface area (Å²) in [5, 5.41) is 21.7.